The maximum atomic E-state index is 12.4. The van der Waals surface area contributed by atoms with Crippen LogP contribution in [0.25, 0.3) is 0 Å². The van der Waals surface area contributed by atoms with E-state index in [0.717, 1.165) is 84.2 Å². The van der Waals surface area contributed by atoms with Crippen molar-refractivity contribution in [2.45, 2.75) is 148 Å². The lowest BCUT2D eigenvalue weighted by Gasteiger charge is -2.19. The predicted molar refractivity (Wildman–Crippen MR) is 193 cm³/mol. The fraction of sp³-hybridized carbons (Fsp3) is 0.684. The third-order valence-electron chi connectivity index (χ3n) is 7.25. The highest BCUT2D eigenvalue weighted by molar-refractivity contribution is 7.47. The highest BCUT2D eigenvalue weighted by Gasteiger charge is 2.24. The molecule has 2 unspecified atom stereocenters. The van der Waals surface area contributed by atoms with Gasteiger partial charge in [0, 0.05) is 20.0 Å². The molecule has 0 aromatic heterocycles. The number of ether oxygens (including phenoxy) is 2. The molecule has 0 aromatic carbocycles. The van der Waals surface area contributed by atoms with Crippen LogP contribution in [0.4, 0.5) is 0 Å². The number of hydrogen-bond donors (Lipinski definition) is 1. The van der Waals surface area contributed by atoms with Crippen molar-refractivity contribution in [3.05, 3.63) is 60.8 Å². The molecule has 0 saturated carbocycles. The van der Waals surface area contributed by atoms with Gasteiger partial charge in [0.2, 0.25) is 0 Å². The van der Waals surface area contributed by atoms with Crippen LogP contribution in [0.2, 0.25) is 0 Å². The number of carbonyl (C=O) groups excluding carboxylic acids is 2. The van der Waals surface area contributed by atoms with E-state index in [0.29, 0.717) is 6.42 Å². The predicted octanol–water partition coefficient (Wildman–Crippen LogP) is 10.8. The molecule has 0 aliphatic rings. The number of esters is 2. The standard InChI is InChI=1S/C38H65O8P/c1-4-6-8-10-12-14-16-18-19-21-23-25-27-29-31-33-38(40)46-36(35-45-47(41,42)43-3)34-44-37(39)32-30-28-26-24-22-20-17-15-13-11-9-7-5-2/h6,8,12,14-15,17-19,23,25,36H,4-5,7,9-11,13,16,20-22,24,26-35H2,1-3H3,(H,41,42)/b8-6-,14-12-,17-15-,19-18-,25-23-. The first-order chi connectivity index (χ1) is 22.8. The Kier molecular flexibility index (Phi) is 32.0. The van der Waals surface area contributed by atoms with Crippen LogP contribution >= 0.6 is 7.82 Å². The molecule has 9 heteroatoms. The van der Waals surface area contributed by atoms with E-state index in [9.17, 15) is 19.0 Å². The Morgan fingerprint density at radius 2 is 1.09 bits per heavy atom. The molecule has 1 N–H and O–H groups in total. The van der Waals surface area contributed by atoms with Crippen molar-refractivity contribution in [1.29, 1.82) is 0 Å². The maximum Gasteiger partial charge on any atom is 0.472 e. The Bertz CT molecular complexity index is 953. The van der Waals surface area contributed by atoms with E-state index in [1.807, 2.05) is 0 Å². The van der Waals surface area contributed by atoms with Gasteiger partial charge >= 0.3 is 19.8 Å². The van der Waals surface area contributed by atoms with Crippen LogP contribution in [0.3, 0.4) is 0 Å². The molecule has 47 heavy (non-hydrogen) atoms. The van der Waals surface area contributed by atoms with E-state index in [1.54, 1.807) is 0 Å². The second-order valence-corrected chi connectivity index (χ2v) is 13.2. The molecular formula is C38H65O8P. The fourth-order valence-electron chi connectivity index (χ4n) is 4.46. The number of rotatable bonds is 32. The largest absolute Gasteiger partial charge is 0.472 e. The maximum absolute atomic E-state index is 12.4. The highest BCUT2D eigenvalue weighted by Crippen LogP contribution is 2.42. The van der Waals surface area contributed by atoms with Crippen molar-refractivity contribution in [3.63, 3.8) is 0 Å². The summed E-state index contributed by atoms with van der Waals surface area (Å²) in [6, 6.07) is 0. The topological polar surface area (TPSA) is 108 Å². The van der Waals surface area contributed by atoms with Crippen molar-refractivity contribution in [1.82, 2.24) is 0 Å². The van der Waals surface area contributed by atoms with Crippen LogP contribution in [-0.4, -0.2) is 43.3 Å². The van der Waals surface area contributed by atoms with Crippen LogP contribution in [0.15, 0.2) is 60.8 Å². The molecule has 2 atom stereocenters. The third kappa shape index (κ3) is 33.4. The molecule has 0 radical (unpaired) electrons. The Morgan fingerprint density at radius 3 is 1.68 bits per heavy atom. The number of carbonyl (C=O) groups is 2. The molecule has 0 bridgehead atoms. The van der Waals surface area contributed by atoms with E-state index < -0.39 is 32.5 Å². The van der Waals surface area contributed by atoms with E-state index in [-0.39, 0.29) is 19.4 Å². The van der Waals surface area contributed by atoms with Gasteiger partial charge in [-0.1, -0.05) is 113 Å². The van der Waals surface area contributed by atoms with E-state index in [1.165, 1.54) is 32.1 Å². The lowest BCUT2D eigenvalue weighted by atomic mass is 10.1. The lowest BCUT2D eigenvalue weighted by molar-refractivity contribution is -0.161. The summed E-state index contributed by atoms with van der Waals surface area (Å²) >= 11 is 0. The minimum atomic E-state index is -4.27. The van der Waals surface area contributed by atoms with Crippen molar-refractivity contribution in [3.8, 4) is 0 Å². The van der Waals surface area contributed by atoms with Crippen molar-refractivity contribution >= 4 is 19.8 Å². The number of unbranched alkanes of at least 4 members (excludes halogenated alkanes) is 11. The van der Waals surface area contributed by atoms with Gasteiger partial charge in [-0.05, 0) is 77.0 Å². The van der Waals surface area contributed by atoms with Crippen molar-refractivity contribution < 1.29 is 37.6 Å². The second kappa shape index (κ2) is 33.6. The molecule has 270 valence electrons. The molecule has 0 rings (SSSR count). The van der Waals surface area contributed by atoms with Crippen LogP contribution in [0, 0.1) is 0 Å². The van der Waals surface area contributed by atoms with Crippen LogP contribution in [0.1, 0.15) is 142 Å². The van der Waals surface area contributed by atoms with Crippen LogP contribution in [-0.2, 0) is 32.7 Å². The zero-order valence-corrected chi connectivity index (χ0v) is 30.6. The molecule has 0 aliphatic heterocycles. The molecule has 0 saturated heterocycles. The number of phosphoric ester groups is 1. The number of hydrogen-bond acceptors (Lipinski definition) is 7. The van der Waals surface area contributed by atoms with E-state index in [2.05, 4.69) is 79.1 Å². The molecule has 8 nitrogen and oxygen atoms in total. The van der Waals surface area contributed by atoms with Crippen LogP contribution < -0.4 is 0 Å². The summed E-state index contributed by atoms with van der Waals surface area (Å²) < 4.78 is 31.8. The first-order valence-corrected chi connectivity index (χ1v) is 19.5. The van der Waals surface area contributed by atoms with Gasteiger partial charge < -0.3 is 14.4 Å². The van der Waals surface area contributed by atoms with Crippen molar-refractivity contribution in [2.24, 2.45) is 0 Å². The average molecular weight is 681 g/mol. The van der Waals surface area contributed by atoms with E-state index in [4.69, 9.17) is 14.0 Å². The van der Waals surface area contributed by atoms with Gasteiger partial charge in [-0.25, -0.2) is 4.57 Å². The van der Waals surface area contributed by atoms with Gasteiger partial charge in [-0.15, -0.1) is 0 Å². The summed E-state index contributed by atoms with van der Waals surface area (Å²) in [7, 11) is -3.22. The second-order valence-electron chi connectivity index (χ2n) is 11.6. The van der Waals surface area contributed by atoms with Gasteiger partial charge in [0.1, 0.15) is 6.61 Å². The summed E-state index contributed by atoms with van der Waals surface area (Å²) in [4.78, 5) is 34.2. The molecule has 0 spiro atoms. The number of allylic oxidation sites excluding steroid dienone is 10. The molecular weight excluding hydrogens is 615 g/mol. The Labute approximate surface area is 286 Å². The lowest BCUT2D eigenvalue weighted by Crippen LogP contribution is -2.29. The minimum Gasteiger partial charge on any atom is -0.462 e. The monoisotopic (exact) mass is 680 g/mol. The molecule has 0 fully saturated rings. The Morgan fingerprint density at radius 1 is 0.617 bits per heavy atom. The smallest absolute Gasteiger partial charge is 0.462 e. The first-order valence-electron chi connectivity index (χ1n) is 18.0. The summed E-state index contributed by atoms with van der Waals surface area (Å²) in [5, 5.41) is 0. The Balaban J connectivity index is 4.20. The fourth-order valence-corrected chi connectivity index (χ4v) is 4.92. The zero-order chi connectivity index (χ0) is 34.7. The third-order valence-corrected chi connectivity index (χ3v) is 8.18. The SMILES string of the molecule is CC/C=C\C/C=C\C/C=C\C/C=C\CCCCC(=O)OC(COC(=O)CCCCCCC/C=C\CCCCCC)COP(=O)(O)OC. The quantitative estimate of drug-likeness (QED) is 0.0324. The average Bonchev–Trinajstić information content (AvgIpc) is 3.06. The van der Waals surface area contributed by atoms with E-state index >= 15 is 0 Å². The normalized spacial score (nSPS) is 14.2. The number of phosphoric acid groups is 1. The highest BCUT2D eigenvalue weighted by atomic mass is 31.2. The molecule has 0 amide bonds. The van der Waals surface area contributed by atoms with Gasteiger partial charge in [0.05, 0.1) is 6.61 Å². The summed E-state index contributed by atoms with van der Waals surface area (Å²) in [5.74, 6) is -0.870. The van der Waals surface area contributed by atoms with Crippen molar-refractivity contribution in [2.75, 3.05) is 20.3 Å². The first kappa shape index (κ1) is 44.8. The molecule has 0 aliphatic carbocycles. The summed E-state index contributed by atoms with van der Waals surface area (Å²) in [5.41, 5.74) is 0. The van der Waals surface area contributed by atoms with Gasteiger partial charge in [0.15, 0.2) is 6.10 Å². The van der Waals surface area contributed by atoms with Gasteiger partial charge in [-0.3, -0.25) is 18.6 Å². The Hall–Kier alpha value is -2.25. The summed E-state index contributed by atoms with van der Waals surface area (Å²) in [6.07, 6.45) is 39.9. The summed E-state index contributed by atoms with van der Waals surface area (Å²) in [6.45, 7) is 3.69. The minimum absolute atomic E-state index is 0.188. The van der Waals surface area contributed by atoms with Gasteiger partial charge in [0.25, 0.3) is 0 Å². The zero-order valence-electron chi connectivity index (χ0n) is 29.7. The molecule has 0 heterocycles. The van der Waals surface area contributed by atoms with Gasteiger partial charge in [-0.2, -0.15) is 0 Å². The van der Waals surface area contributed by atoms with Crippen LogP contribution in [0.5, 0.6) is 0 Å². The molecule has 0 aromatic rings.